The van der Waals surface area contributed by atoms with Crippen molar-refractivity contribution in [1.29, 1.82) is 0 Å². The maximum absolute atomic E-state index is 12.5. The fraction of sp³-hybridized carbons (Fsp3) is 0.192. The zero-order valence-electron chi connectivity index (χ0n) is 18.7. The quantitative estimate of drug-likeness (QED) is 0.506. The second kappa shape index (κ2) is 10.1. The van der Waals surface area contributed by atoms with Crippen molar-refractivity contribution in [2.75, 3.05) is 11.9 Å². The molecule has 0 atom stereocenters. The number of imide groups is 1. The van der Waals surface area contributed by atoms with E-state index in [0.717, 1.165) is 11.1 Å². The molecular weight excluding hydrogens is 432 g/mol. The van der Waals surface area contributed by atoms with Gasteiger partial charge in [-0.1, -0.05) is 23.8 Å². The number of nitrogens with one attached hydrogen (secondary N) is 2. The topological polar surface area (TPSA) is 108 Å². The van der Waals surface area contributed by atoms with Crippen LogP contribution < -0.4 is 10.6 Å². The normalized spacial score (nSPS) is 12.4. The Bertz CT molecular complexity index is 1260. The van der Waals surface area contributed by atoms with E-state index < -0.39 is 0 Å². The molecule has 8 nitrogen and oxygen atoms in total. The van der Waals surface area contributed by atoms with Gasteiger partial charge in [0.15, 0.2) is 0 Å². The number of rotatable bonds is 8. The predicted octanol–water partition coefficient (Wildman–Crippen LogP) is 3.33. The highest BCUT2D eigenvalue weighted by Crippen LogP contribution is 2.24. The predicted molar refractivity (Wildman–Crippen MR) is 126 cm³/mol. The minimum Gasteiger partial charge on any atom is -0.352 e. The molecule has 0 saturated heterocycles. The first-order chi connectivity index (χ1) is 16.4. The van der Waals surface area contributed by atoms with Gasteiger partial charge in [0.2, 0.25) is 5.91 Å². The molecule has 4 amide bonds. The van der Waals surface area contributed by atoms with E-state index in [4.69, 9.17) is 0 Å². The zero-order valence-corrected chi connectivity index (χ0v) is 18.7. The summed E-state index contributed by atoms with van der Waals surface area (Å²) in [6.45, 7) is 2.36. The summed E-state index contributed by atoms with van der Waals surface area (Å²) in [5, 5.41) is 5.66. The summed E-state index contributed by atoms with van der Waals surface area (Å²) >= 11 is 0. The summed E-state index contributed by atoms with van der Waals surface area (Å²) < 4.78 is 0. The lowest BCUT2D eigenvalue weighted by atomic mass is 10.1. The number of carbonyl (C=O) groups excluding carboxylic acids is 4. The first-order valence-electron chi connectivity index (χ1n) is 11.0. The van der Waals surface area contributed by atoms with E-state index in [9.17, 15) is 19.2 Å². The van der Waals surface area contributed by atoms with E-state index in [0.29, 0.717) is 35.3 Å². The standard InChI is InChI=1S/C26H24N4O4/c1-17-7-8-21-22(14-17)26(34)30(25(21)33)13-3-6-23(31)28-16-18-4-2-5-20(15-18)29-24(32)19-9-11-27-12-10-19/h2,4-5,7-12,14-15H,3,6,13,16H2,1H3,(H,28,31)(H,29,32). The molecule has 0 saturated carbocycles. The summed E-state index contributed by atoms with van der Waals surface area (Å²) in [6, 6.07) is 15.7. The first kappa shape index (κ1) is 22.8. The first-order valence-corrected chi connectivity index (χ1v) is 11.0. The number of hydrogen-bond acceptors (Lipinski definition) is 5. The van der Waals surface area contributed by atoms with Gasteiger partial charge in [0.05, 0.1) is 11.1 Å². The van der Waals surface area contributed by atoms with Gasteiger partial charge in [-0.05, 0) is 55.3 Å². The molecule has 1 aliphatic heterocycles. The number of amides is 4. The lowest BCUT2D eigenvalue weighted by Gasteiger charge is -2.13. The van der Waals surface area contributed by atoms with Crippen LogP contribution in [-0.2, 0) is 11.3 Å². The van der Waals surface area contributed by atoms with Crippen molar-refractivity contribution in [3.05, 3.63) is 94.8 Å². The summed E-state index contributed by atoms with van der Waals surface area (Å²) in [6.07, 6.45) is 3.66. The molecule has 3 aromatic rings. The van der Waals surface area contributed by atoms with E-state index in [1.54, 1.807) is 60.9 Å². The van der Waals surface area contributed by atoms with Crippen LogP contribution in [0.2, 0.25) is 0 Å². The molecule has 1 aliphatic rings. The third-order valence-electron chi connectivity index (χ3n) is 5.53. The average molecular weight is 457 g/mol. The van der Waals surface area contributed by atoms with E-state index in [2.05, 4.69) is 15.6 Å². The largest absolute Gasteiger partial charge is 0.352 e. The van der Waals surface area contributed by atoms with Crippen LogP contribution in [0.25, 0.3) is 0 Å². The van der Waals surface area contributed by atoms with Crippen molar-refractivity contribution in [2.45, 2.75) is 26.3 Å². The number of pyridine rings is 1. The Kier molecular flexibility index (Phi) is 6.77. The Balaban J connectivity index is 1.24. The van der Waals surface area contributed by atoms with E-state index >= 15 is 0 Å². The molecule has 2 aromatic carbocycles. The monoisotopic (exact) mass is 456 g/mol. The molecule has 0 fully saturated rings. The maximum Gasteiger partial charge on any atom is 0.261 e. The number of carbonyl (C=O) groups is 4. The molecule has 1 aromatic heterocycles. The fourth-order valence-electron chi connectivity index (χ4n) is 3.76. The van der Waals surface area contributed by atoms with E-state index in [1.807, 2.05) is 13.0 Å². The summed E-state index contributed by atoms with van der Waals surface area (Å²) in [7, 11) is 0. The van der Waals surface area contributed by atoms with Crippen molar-refractivity contribution in [3.63, 3.8) is 0 Å². The molecule has 0 bridgehead atoms. The number of aromatic nitrogens is 1. The van der Waals surface area contributed by atoms with Crippen LogP contribution in [0, 0.1) is 6.92 Å². The van der Waals surface area contributed by atoms with Crippen molar-refractivity contribution in [3.8, 4) is 0 Å². The molecule has 8 heteroatoms. The third kappa shape index (κ3) is 5.17. The van der Waals surface area contributed by atoms with E-state index in [-0.39, 0.29) is 36.6 Å². The van der Waals surface area contributed by atoms with Crippen LogP contribution in [0.4, 0.5) is 5.69 Å². The van der Waals surface area contributed by atoms with Crippen LogP contribution in [0.5, 0.6) is 0 Å². The molecule has 172 valence electrons. The molecule has 0 spiro atoms. The van der Waals surface area contributed by atoms with Gasteiger partial charge < -0.3 is 10.6 Å². The smallest absolute Gasteiger partial charge is 0.261 e. The number of aryl methyl sites for hydroxylation is 1. The molecule has 34 heavy (non-hydrogen) atoms. The molecular formula is C26H24N4O4. The van der Waals surface area contributed by atoms with Crippen molar-refractivity contribution < 1.29 is 19.2 Å². The highest BCUT2D eigenvalue weighted by molar-refractivity contribution is 6.21. The highest BCUT2D eigenvalue weighted by atomic mass is 16.2. The van der Waals surface area contributed by atoms with Gasteiger partial charge in [-0.15, -0.1) is 0 Å². The summed E-state index contributed by atoms with van der Waals surface area (Å²) in [5.41, 5.74) is 3.70. The Morgan fingerprint density at radius 1 is 0.941 bits per heavy atom. The lowest BCUT2D eigenvalue weighted by molar-refractivity contribution is -0.121. The van der Waals surface area contributed by atoms with Crippen LogP contribution >= 0.6 is 0 Å². The van der Waals surface area contributed by atoms with Crippen molar-refractivity contribution >= 4 is 29.3 Å². The maximum atomic E-state index is 12.5. The fourth-order valence-corrected chi connectivity index (χ4v) is 3.76. The summed E-state index contributed by atoms with van der Waals surface area (Å²) in [4.78, 5) is 54.7. The van der Waals surface area contributed by atoms with Gasteiger partial charge in [-0.2, -0.15) is 0 Å². The minimum atomic E-state index is -0.314. The Morgan fingerprint density at radius 2 is 1.71 bits per heavy atom. The SMILES string of the molecule is Cc1ccc2c(c1)C(=O)N(CCCC(=O)NCc1cccc(NC(=O)c3ccncc3)c1)C2=O. The van der Waals surface area contributed by atoms with E-state index in [1.165, 1.54) is 4.90 Å². The lowest BCUT2D eigenvalue weighted by Crippen LogP contribution is -2.32. The second-order valence-corrected chi connectivity index (χ2v) is 8.08. The third-order valence-corrected chi connectivity index (χ3v) is 5.53. The second-order valence-electron chi connectivity index (χ2n) is 8.08. The molecule has 0 unspecified atom stereocenters. The number of nitrogens with zero attached hydrogens (tertiary/aromatic N) is 2. The molecule has 0 aliphatic carbocycles. The Hall–Kier alpha value is -4.33. The van der Waals surface area contributed by atoms with Crippen molar-refractivity contribution in [1.82, 2.24) is 15.2 Å². The van der Waals surface area contributed by atoms with Gasteiger partial charge in [0.25, 0.3) is 17.7 Å². The van der Waals surface area contributed by atoms with Gasteiger partial charge in [-0.25, -0.2) is 0 Å². The molecule has 2 N–H and O–H groups in total. The van der Waals surface area contributed by atoms with Gasteiger partial charge in [0.1, 0.15) is 0 Å². The van der Waals surface area contributed by atoms with Crippen LogP contribution in [0.15, 0.2) is 67.0 Å². The zero-order chi connectivity index (χ0) is 24.1. The summed E-state index contributed by atoms with van der Waals surface area (Å²) in [5.74, 6) is -1.05. The number of benzene rings is 2. The van der Waals surface area contributed by atoms with Crippen molar-refractivity contribution in [2.24, 2.45) is 0 Å². The minimum absolute atomic E-state index is 0.182. The van der Waals surface area contributed by atoms with Gasteiger partial charge in [-0.3, -0.25) is 29.1 Å². The number of anilines is 1. The molecule has 2 heterocycles. The highest BCUT2D eigenvalue weighted by Gasteiger charge is 2.34. The Morgan fingerprint density at radius 3 is 2.50 bits per heavy atom. The number of hydrogen-bond donors (Lipinski definition) is 2. The number of fused-ring (bicyclic) bond motifs is 1. The Labute approximate surface area is 197 Å². The van der Waals surface area contributed by atoms with Crippen LogP contribution in [0.1, 0.15) is 55.0 Å². The molecule has 4 rings (SSSR count). The van der Waals surface area contributed by atoms with Gasteiger partial charge >= 0.3 is 0 Å². The average Bonchev–Trinajstić information content (AvgIpc) is 3.07. The molecule has 0 radical (unpaired) electrons. The van der Waals surface area contributed by atoms with Gasteiger partial charge in [0, 0.05) is 43.2 Å². The van der Waals surface area contributed by atoms with Crippen LogP contribution in [0.3, 0.4) is 0 Å². The van der Waals surface area contributed by atoms with Crippen LogP contribution in [-0.4, -0.2) is 40.1 Å².